The van der Waals surface area contributed by atoms with Crippen molar-refractivity contribution in [3.8, 4) is 0 Å². The lowest BCUT2D eigenvalue weighted by molar-refractivity contribution is -0.119. The minimum absolute atomic E-state index is 0.0974. The molecular formula is C12H17NO. The van der Waals surface area contributed by atoms with Crippen LogP contribution in [-0.2, 0) is 4.79 Å². The molecule has 1 aromatic rings. The molecule has 1 amide bonds. The molecule has 2 nitrogen and oxygen atoms in total. The first-order valence-electron chi connectivity index (χ1n) is 5.10. The van der Waals surface area contributed by atoms with Crippen LogP contribution >= 0.6 is 0 Å². The van der Waals surface area contributed by atoms with Crippen molar-refractivity contribution in [3.63, 3.8) is 0 Å². The predicted molar refractivity (Wildman–Crippen MR) is 59.1 cm³/mol. The van der Waals surface area contributed by atoms with E-state index in [0.29, 0.717) is 0 Å². The Hall–Kier alpha value is -1.31. The normalized spacial score (nSPS) is 12.1. The fraction of sp³-hybridized carbons (Fsp3) is 0.417. The molecule has 0 heterocycles. The fourth-order valence-electron chi connectivity index (χ4n) is 1.35. The van der Waals surface area contributed by atoms with E-state index >= 15 is 0 Å². The number of rotatable bonds is 4. The summed E-state index contributed by atoms with van der Waals surface area (Å²) in [6.07, 6.45) is 1.99. The van der Waals surface area contributed by atoms with Crippen molar-refractivity contribution >= 4 is 11.6 Å². The topological polar surface area (TPSA) is 29.1 Å². The van der Waals surface area contributed by atoms with Crippen molar-refractivity contribution in [1.82, 2.24) is 0 Å². The van der Waals surface area contributed by atoms with Crippen LogP contribution in [0.3, 0.4) is 0 Å². The molecule has 0 saturated carbocycles. The Balaban J connectivity index is 2.49. The Morgan fingerprint density at radius 1 is 1.36 bits per heavy atom. The third-order valence-corrected chi connectivity index (χ3v) is 2.21. The monoisotopic (exact) mass is 191 g/mol. The van der Waals surface area contributed by atoms with Crippen LogP contribution in [0.2, 0.25) is 0 Å². The third kappa shape index (κ3) is 3.21. The van der Waals surface area contributed by atoms with Crippen LogP contribution in [0.15, 0.2) is 30.3 Å². The smallest absolute Gasteiger partial charge is 0.227 e. The van der Waals surface area contributed by atoms with E-state index in [2.05, 4.69) is 12.2 Å². The van der Waals surface area contributed by atoms with Gasteiger partial charge in [-0.05, 0) is 18.6 Å². The lowest BCUT2D eigenvalue weighted by atomic mass is 10.1. The van der Waals surface area contributed by atoms with Crippen molar-refractivity contribution < 1.29 is 4.79 Å². The molecule has 0 bridgehead atoms. The van der Waals surface area contributed by atoms with E-state index < -0.39 is 0 Å². The van der Waals surface area contributed by atoms with E-state index in [1.807, 2.05) is 37.3 Å². The largest absolute Gasteiger partial charge is 0.326 e. The zero-order chi connectivity index (χ0) is 10.4. The SMILES string of the molecule is CCC[C@@H](C)C(=O)Nc1ccccc1. The summed E-state index contributed by atoms with van der Waals surface area (Å²) in [4.78, 5) is 11.6. The first-order chi connectivity index (χ1) is 6.74. The number of hydrogen-bond donors (Lipinski definition) is 1. The molecule has 0 radical (unpaired) electrons. The van der Waals surface area contributed by atoms with Gasteiger partial charge >= 0.3 is 0 Å². The summed E-state index contributed by atoms with van der Waals surface area (Å²) >= 11 is 0. The van der Waals surface area contributed by atoms with Crippen LogP contribution in [0.1, 0.15) is 26.7 Å². The fourth-order valence-corrected chi connectivity index (χ4v) is 1.35. The molecule has 0 aromatic heterocycles. The lowest BCUT2D eigenvalue weighted by Gasteiger charge is -2.10. The average Bonchev–Trinajstić information content (AvgIpc) is 2.19. The standard InChI is InChI=1S/C12H17NO/c1-3-7-10(2)12(14)13-11-8-5-4-6-9-11/h4-6,8-10H,3,7H2,1-2H3,(H,13,14)/t10-/m1/s1. The Morgan fingerprint density at radius 2 is 2.00 bits per heavy atom. The molecule has 0 unspecified atom stereocenters. The van der Waals surface area contributed by atoms with Crippen LogP contribution in [0.5, 0.6) is 0 Å². The Morgan fingerprint density at radius 3 is 2.57 bits per heavy atom. The molecule has 0 spiro atoms. The first-order valence-corrected chi connectivity index (χ1v) is 5.10. The highest BCUT2D eigenvalue weighted by atomic mass is 16.1. The summed E-state index contributed by atoms with van der Waals surface area (Å²) < 4.78 is 0. The van der Waals surface area contributed by atoms with Crippen molar-refractivity contribution in [2.75, 3.05) is 5.32 Å². The van der Waals surface area contributed by atoms with Gasteiger partial charge in [0.1, 0.15) is 0 Å². The molecule has 2 heteroatoms. The van der Waals surface area contributed by atoms with Crippen LogP contribution in [-0.4, -0.2) is 5.91 Å². The number of carbonyl (C=O) groups is 1. The minimum atomic E-state index is 0.0974. The predicted octanol–water partition coefficient (Wildman–Crippen LogP) is 3.06. The quantitative estimate of drug-likeness (QED) is 0.778. The molecule has 1 N–H and O–H groups in total. The molecule has 1 rings (SSSR count). The highest BCUT2D eigenvalue weighted by Gasteiger charge is 2.10. The first kappa shape index (κ1) is 10.8. The number of carbonyl (C=O) groups excluding carboxylic acids is 1. The van der Waals surface area contributed by atoms with Gasteiger partial charge in [-0.1, -0.05) is 38.5 Å². The second-order valence-electron chi connectivity index (χ2n) is 3.54. The maximum Gasteiger partial charge on any atom is 0.227 e. The van der Waals surface area contributed by atoms with Gasteiger partial charge in [0, 0.05) is 11.6 Å². The highest BCUT2D eigenvalue weighted by Crippen LogP contribution is 2.10. The second kappa shape index (κ2) is 5.43. The van der Waals surface area contributed by atoms with Crippen molar-refractivity contribution in [2.45, 2.75) is 26.7 Å². The number of anilines is 1. The summed E-state index contributed by atoms with van der Waals surface area (Å²) in [5.41, 5.74) is 0.875. The molecule has 1 atom stereocenters. The van der Waals surface area contributed by atoms with Gasteiger partial charge in [-0.2, -0.15) is 0 Å². The lowest BCUT2D eigenvalue weighted by Crippen LogP contribution is -2.19. The summed E-state index contributed by atoms with van der Waals surface area (Å²) in [5, 5.41) is 2.89. The zero-order valence-electron chi connectivity index (χ0n) is 8.79. The van der Waals surface area contributed by atoms with Gasteiger partial charge < -0.3 is 5.32 Å². The van der Waals surface area contributed by atoms with Crippen molar-refractivity contribution in [1.29, 1.82) is 0 Å². The van der Waals surface area contributed by atoms with Crippen molar-refractivity contribution in [2.24, 2.45) is 5.92 Å². The van der Waals surface area contributed by atoms with E-state index in [-0.39, 0.29) is 11.8 Å². The number of nitrogens with one attached hydrogen (secondary N) is 1. The van der Waals surface area contributed by atoms with Gasteiger partial charge in [-0.25, -0.2) is 0 Å². The van der Waals surface area contributed by atoms with Crippen LogP contribution in [0, 0.1) is 5.92 Å². The number of amides is 1. The van der Waals surface area contributed by atoms with Gasteiger partial charge in [-0.3, -0.25) is 4.79 Å². The molecule has 1 aromatic carbocycles. The Kier molecular flexibility index (Phi) is 4.17. The Bertz CT molecular complexity index is 282. The molecule has 14 heavy (non-hydrogen) atoms. The zero-order valence-corrected chi connectivity index (χ0v) is 8.79. The van der Waals surface area contributed by atoms with E-state index in [1.165, 1.54) is 0 Å². The van der Waals surface area contributed by atoms with Gasteiger partial charge in [0.05, 0.1) is 0 Å². The molecule has 0 fully saturated rings. The molecule has 0 aliphatic heterocycles. The molecule has 76 valence electrons. The highest BCUT2D eigenvalue weighted by molar-refractivity contribution is 5.92. The second-order valence-corrected chi connectivity index (χ2v) is 3.54. The van der Waals surface area contributed by atoms with E-state index in [0.717, 1.165) is 18.5 Å². The molecule has 0 aliphatic rings. The van der Waals surface area contributed by atoms with Gasteiger partial charge in [-0.15, -0.1) is 0 Å². The van der Waals surface area contributed by atoms with Crippen LogP contribution in [0.4, 0.5) is 5.69 Å². The van der Waals surface area contributed by atoms with Crippen LogP contribution in [0.25, 0.3) is 0 Å². The number of benzene rings is 1. The van der Waals surface area contributed by atoms with Gasteiger partial charge in [0.2, 0.25) is 5.91 Å². The summed E-state index contributed by atoms with van der Waals surface area (Å²) in [6, 6.07) is 9.57. The molecule has 0 saturated heterocycles. The van der Waals surface area contributed by atoms with Crippen LogP contribution < -0.4 is 5.32 Å². The maximum absolute atomic E-state index is 11.6. The number of hydrogen-bond acceptors (Lipinski definition) is 1. The molecule has 0 aliphatic carbocycles. The molecular weight excluding hydrogens is 174 g/mol. The Labute approximate surface area is 85.3 Å². The van der Waals surface area contributed by atoms with E-state index in [9.17, 15) is 4.79 Å². The summed E-state index contributed by atoms with van der Waals surface area (Å²) in [6.45, 7) is 4.05. The minimum Gasteiger partial charge on any atom is -0.326 e. The van der Waals surface area contributed by atoms with Gasteiger partial charge in [0.15, 0.2) is 0 Å². The van der Waals surface area contributed by atoms with E-state index in [1.54, 1.807) is 0 Å². The number of para-hydroxylation sites is 1. The summed E-state index contributed by atoms with van der Waals surface area (Å²) in [7, 11) is 0. The van der Waals surface area contributed by atoms with E-state index in [4.69, 9.17) is 0 Å². The maximum atomic E-state index is 11.6. The third-order valence-electron chi connectivity index (χ3n) is 2.21. The van der Waals surface area contributed by atoms with Gasteiger partial charge in [0.25, 0.3) is 0 Å². The van der Waals surface area contributed by atoms with Crippen molar-refractivity contribution in [3.05, 3.63) is 30.3 Å². The summed E-state index contributed by atoms with van der Waals surface area (Å²) in [5.74, 6) is 0.207. The average molecular weight is 191 g/mol.